The van der Waals surface area contributed by atoms with E-state index < -0.39 is 10.8 Å². The lowest BCUT2D eigenvalue weighted by molar-refractivity contribution is -0.384. The van der Waals surface area contributed by atoms with Crippen molar-refractivity contribution >= 4 is 44.8 Å². The number of benzene rings is 4. The number of nitrogens with zero attached hydrogens (tertiary/aromatic N) is 1. The molecule has 0 radical (unpaired) electrons. The van der Waals surface area contributed by atoms with Gasteiger partial charge in [0.25, 0.3) is 11.6 Å². The van der Waals surface area contributed by atoms with Crippen LogP contribution in [0, 0.1) is 10.1 Å². The SMILES string of the molecule is O=C(Nc1cc(Oc2ccc(Cl)cc2)cc([N+](=O)[O-])c1)c1cccc(COc2ccc(Br)cc2)c1. The van der Waals surface area contributed by atoms with Crippen LogP contribution in [0.15, 0.2) is 95.5 Å². The Kier molecular flexibility index (Phi) is 7.64. The number of rotatable bonds is 8. The summed E-state index contributed by atoms with van der Waals surface area (Å²) >= 11 is 9.27. The van der Waals surface area contributed by atoms with Crippen LogP contribution in [0.5, 0.6) is 17.2 Å². The standard InChI is InChI=1S/C26H18BrClN2O5/c27-19-4-8-23(9-5-19)34-16-17-2-1-3-18(12-17)26(31)29-21-13-22(30(32)33)15-25(14-21)35-24-10-6-20(28)7-11-24/h1-15H,16H2,(H,29,31). The molecule has 0 aliphatic carbocycles. The van der Waals surface area contributed by atoms with Gasteiger partial charge >= 0.3 is 0 Å². The van der Waals surface area contributed by atoms with Crippen molar-refractivity contribution in [1.82, 2.24) is 0 Å². The molecule has 7 nitrogen and oxygen atoms in total. The first kappa shape index (κ1) is 24.3. The van der Waals surface area contributed by atoms with E-state index in [9.17, 15) is 14.9 Å². The van der Waals surface area contributed by atoms with Gasteiger partial charge in [-0.2, -0.15) is 0 Å². The number of anilines is 1. The van der Waals surface area contributed by atoms with Gasteiger partial charge in [0.05, 0.1) is 16.7 Å². The van der Waals surface area contributed by atoms with E-state index in [1.165, 1.54) is 18.2 Å². The summed E-state index contributed by atoms with van der Waals surface area (Å²) in [5.41, 5.74) is 1.19. The minimum Gasteiger partial charge on any atom is -0.489 e. The molecule has 0 heterocycles. The van der Waals surface area contributed by atoms with Crippen LogP contribution < -0.4 is 14.8 Å². The van der Waals surface area contributed by atoms with Crippen molar-refractivity contribution in [3.63, 3.8) is 0 Å². The van der Waals surface area contributed by atoms with Crippen LogP contribution in [0.1, 0.15) is 15.9 Å². The van der Waals surface area contributed by atoms with Crippen LogP contribution in [0.25, 0.3) is 0 Å². The Morgan fingerprint density at radius 3 is 2.34 bits per heavy atom. The molecule has 0 aromatic heterocycles. The zero-order valence-corrected chi connectivity index (χ0v) is 20.5. The largest absolute Gasteiger partial charge is 0.489 e. The van der Waals surface area contributed by atoms with Crippen molar-refractivity contribution < 1.29 is 19.2 Å². The van der Waals surface area contributed by atoms with E-state index in [1.807, 2.05) is 30.3 Å². The monoisotopic (exact) mass is 552 g/mol. The van der Waals surface area contributed by atoms with Gasteiger partial charge in [-0.05, 0) is 66.2 Å². The van der Waals surface area contributed by atoms with E-state index in [-0.39, 0.29) is 23.7 Å². The summed E-state index contributed by atoms with van der Waals surface area (Å²) in [4.78, 5) is 23.7. The second-order valence-corrected chi connectivity index (χ2v) is 8.78. The molecule has 0 unspecified atom stereocenters. The average molecular weight is 554 g/mol. The molecule has 0 bridgehead atoms. The number of ether oxygens (including phenoxy) is 2. The van der Waals surface area contributed by atoms with Crippen LogP contribution in [-0.2, 0) is 6.61 Å². The van der Waals surface area contributed by atoms with Gasteiger partial charge in [-0.25, -0.2) is 0 Å². The zero-order valence-electron chi connectivity index (χ0n) is 18.1. The molecule has 9 heteroatoms. The number of nitro benzene ring substituents is 1. The maximum atomic E-state index is 12.9. The molecule has 1 amide bonds. The molecule has 0 spiro atoms. The van der Waals surface area contributed by atoms with Crippen LogP contribution in [0.4, 0.5) is 11.4 Å². The fourth-order valence-corrected chi connectivity index (χ4v) is 3.55. The molecule has 0 saturated carbocycles. The number of halogens is 2. The van der Waals surface area contributed by atoms with Crippen molar-refractivity contribution in [3.8, 4) is 17.2 Å². The number of nitro groups is 1. The van der Waals surface area contributed by atoms with E-state index in [2.05, 4.69) is 21.2 Å². The third-order valence-corrected chi connectivity index (χ3v) is 5.60. The predicted octanol–water partition coefficient (Wildman–Crippen LogP) is 7.63. The minimum atomic E-state index is -0.551. The third kappa shape index (κ3) is 6.81. The average Bonchev–Trinajstić information content (AvgIpc) is 2.85. The summed E-state index contributed by atoms with van der Waals surface area (Å²) < 4.78 is 12.4. The van der Waals surface area contributed by atoms with Crippen molar-refractivity contribution in [2.75, 3.05) is 5.32 Å². The maximum Gasteiger partial charge on any atom is 0.275 e. The molecule has 0 aliphatic heterocycles. The van der Waals surface area contributed by atoms with Gasteiger partial charge in [0.15, 0.2) is 0 Å². The second-order valence-electron chi connectivity index (χ2n) is 7.43. The zero-order chi connectivity index (χ0) is 24.8. The van der Waals surface area contributed by atoms with Gasteiger partial charge in [0, 0.05) is 27.2 Å². The van der Waals surface area contributed by atoms with Gasteiger partial charge in [-0.1, -0.05) is 39.7 Å². The Balaban J connectivity index is 1.49. The lowest BCUT2D eigenvalue weighted by atomic mass is 10.1. The molecule has 4 aromatic carbocycles. The highest BCUT2D eigenvalue weighted by Crippen LogP contribution is 2.30. The summed E-state index contributed by atoms with van der Waals surface area (Å²) in [5.74, 6) is 0.931. The highest BCUT2D eigenvalue weighted by atomic mass is 79.9. The fourth-order valence-electron chi connectivity index (χ4n) is 3.16. The van der Waals surface area contributed by atoms with Gasteiger partial charge in [0.1, 0.15) is 23.9 Å². The Morgan fingerprint density at radius 2 is 1.63 bits per heavy atom. The van der Waals surface area contributed by atoms with Crippen molar-refractivity contribution in [3.05, 3.63) is 122 Å². The number of carbonyl (C=O) groups is 1. The molecule has 0 atom stereocenters. The Morgan fingerprint density at radius 1 is 0.914 bits per heavy atom. The minimum absolute atomic E-state index is 0.202. The van der Waals surface area contributed by atoms with Gasteiger partial charge in [-0.3, -0.25) is 14.9 Å². The van der Waals surface area contributed by atoms with E-state index in [0.29, 0.717) is 22.1 Å². The second kappa shape index (κ2) is 11.0. The van der Waals surface area contributed by atoms with Crippen LogP contribution >= 0.6 is 27.5 Å². The topological polar surface area (TPSA) is 90.7 Å². The molecule has 4 aromatic rings. The van der Waals surface area contributed by atoms with Gasteiger partial charge < -0.3 is 14.8 Å². The number of carbonyl (C=O) groups excluding carboxylic acids is 1. The first-order valence-electron chi connectivity index (χ1n) is 10.4. The Hall–Kier alpha value is -3.88. The van der Waals surface area contributed by atoms with E-state index in [1.54, 1.807) is 42.5 Å². The smallest absolute Gasteiger partial charge is 0.275 e. The first-order valence-corrected chi connectivity index (χ1v) is 11.5. The van der Waals surface area contributed by atoms with Crippen molar-refractivity contribution in [2.24, 2.45) is 0 Å². The summed E-state index contributed by atoms with van der Waals surface area (Å²) in [6.07, 6.45) is 0. The molecule has 35 heavy (non-hydrogen) atoms. The molecule has 176 valence electrons. The van der Waals surface area contributed by atoms with Crippen LogP contribution in [-0.4, -0.2) is 10.8 Å². The highest BCUT2D eigenvalue weighted by molar-refractivity contribution is 9.10. The first-order chi connectivity index (χ1) is 16.9. The number of amides is 1. The third-order valence-electron chi connectivity index (χ3n) is 4.82. The molecular formula is C26H18BrClN2O5. The van der Waals surface area contributed by atoms with Crippen molar-refractivity contribution in [2.45, 2.75) is 6.61 Å². The van der Waals surface area contributed by atoms with E-state index in [4.69, 9.17) is 21.1 Å². The molecule has 0 fully saturated rings. The van der Waals surface area contributed by atoms with Crippen molar-refractivity contribution in [1.29, 1.82) is 0 Å². The molecular weight excluding hydrogens is 536 g/mol. The normalized spacial score (nSPS) is 10.5. The van der Waals surface area contributed by atoms with Gasteiger partial charge in [-0.15, -0.1) is 0 Å². The lowest BCUT2D eigenvalue weighted by Crippen LogP contribution is -2.12. The summed E-state index contributed by atoms with van der Waals surface area (Å²) in [6, 6.07) is 25.0. The quantitative estimate of drug-likeness (QED) is 0.179. The number of non-ortho nitro benzene ring substituents is 1. The maximum absolute atomic E-state index is 12.9. The number of hydrogen-bond donors (Lipinski definition) is 1. The van der Waals surface area contributed by atoms with Crippen LogP contribution in [0.2, 0.25) is 5.02 Å². The van der Waals surface area contributed by atoms with Crippen LogP contribution in [0.3, 0.4) is 0 Å². The summed E-state index contributed by atoms with van der Waals surface area (Å²) in [7, 11) is 0. The number of hydrogen-bond acceptors (Lipinski definition) is 5. The number of nitrogens with one attached hydrogen (secondary N) is 1. The Labute approximate surface area is 214 Å². The summed E-state index contributed by atoms with van der Waals surface area (Å²) in [5, 5.41) is 14.7. The molecule has 4 rings (SSSR count). The summed E-state index contributed by atoms with van der Waals surface area (Å²) in [6.45, 7) is 0.276. The fraction of sp³-hybridized carbons (Fsp3) is 0.0385. The predicted molar refractivity (Wildman–Crippen MR) is 137 cm³/mol. The lowest BCUT2D eigenvalue weighted by Gasteiger charge is -2.11. The molecule has 0 saturated heterocycles. The highest BCUT2D eigenvalue weighted by Gasteiger charge is 2.14. The molecule has 0 aliphatic rings. The van der Waals surface area contributed by atoms with Gasteiger partial charge in [0.2, 0.25) is 0 Å². The Bertz CT molecular complexity index is 1360. The molecule has 1 N–H and O–H groups in total. The van der Waals surface area contributed by atoms with E-state index in [0.717, 1.165) is 10.0 Å². The van der Waals surface area contributed by atoms with E-state index >= 15 is 0 Å².